The predicted molar refractivity (Wildman–Crippen MR) is 63.2 cm³/mol. The highest BCUT2D eigenvalue weighted by atomic mass is 16.6. The highest BCUT2D eigenvalue weighted by Gasteiger charge is 2.14. The van der Waals surface area contributed by atoms with Gasteiger partial charge in [-0.3, -0.25) is 4.79 Å². The van der Waals surface area contributed by atoms with E-state index in [-0.39, 0.29) is 6.54 Å². The lowest BCUT2D eigenvalue weighted by molar-refractivity contribution is -0.134. The van der Waals surface area contributed by atoms with E-state index in [9.17, 15) is 4.79 Å². The molecule has 1 aromatic carbocycles. The summed E-state index contributed by atoms with van der Waals surface area (Å²) >= 11 is 0. The van der Waals surface area contributed by atoms with E-state index in [0.717, 1.165) is 5.52 Å². The van der Waals surface area contributed by atoms with Gasteiger partial charge in [0.1, 0.15) is 19.8 Å². The number of H-pyrrole nitrogens is 1. The third kappa shape index (κ3) is 1.90. The summed E-state index contributed by atoms with van der Waals surface area (Å²) in [6.45, 7) is 0.857. The Kier molecular flexibility index (Phi) is 2.44. The highest BCUT2D eigenvalue weighted by Crippen LogP contribution is 2.34. The lowest BCUT2D eigenvalue weighted by atomic mass is 10.2. The molecule has 94 valence electrons. The lowest BCUT2D eigenvalue weighted by Gasteiger charge is -2.17. The van der Waals surface area contributed by atoms with Gasteiger partial charge in [-0.25, -0.2) is 4.98 Å². The molecule has 3 rings (SSSR count). The molecule has 0 atom stereocenters. The number of hydrogen-bond acceptors (Lipinski definition) is 5. The minimum absolute atomic E-state index is 0.188. The number of carbonyl (C=O) groups is 1. The molecule has 0 radical (unpaired) electrons. The van der Waals surface area contributed by atoms with Crippen molar-refractivity contribution in [1.82, 2.24) is 9.97 Å². The van der Waals surface area contributed by atoms with Gasteiger partial charge in [0, 0.05) is 12.1 Å². The van der Waals surface area contributed by atoms with Gasteiger partial charge in [0.2, 0.25) is 5.95 Å². The molecule has 1 aromatic heterocycles. The maximum Gasteiger partial charge on any atom is 0.322 e. The van der Waals surface area contributed by atoms with Crippen molar-refractivity contribution < 1.29 is 19.4 Å². The van der Waals surface area contributed by atoms with Crippen LogP contribution in [0.1, 0.15) is 0 Å². The average molecular weight is 249 g/mol. The van der Waals surface area contributed by atoms with Crippen LogP contribution in [0.4, 0.5) is 5.95 Å². The summed E-state index contributed by atoms with van der Waals surface area (Å²) in [5, 5.41) is 11.3. The molecule has 0 saturated heterocycles. The molecule has 2 aromatic rings. The van der Waals surface area contributed by atoms with Crippen molar-refractivity contribution in [3.63, 3.8) is 0 Å². The van der Waals surface area contributed by atoms with Gasteiger partial charge in [0.15, 0.2) is 11.5 Å². The maximum absolute atomic E-state index is 10.5. The van der Waals surface area contributed by atoms with E-state index in [1.165, 1.54) is 0 Å². The van der Waals surface area contributed by atoms with Crippen molar-refractivity contribution >= 4 is 23.0 Å². The van der Waals surface area contributed by atoms with Crippen LogP contribution in [0.25, 0.3) is 11.0 Å². The molecule has 18 heavy (non-hydrogen) atoms. The minimum Gasteiger partial charge on any atom is -0.486 e. The summed E-state index contributed by atoms with van der Waals surface area (Å²) in [4.78, 5) is 17.7. The molecule has 0 spiro atoms. The fourth-order valence-electron chi connectivity index (χ4n) is 1.79. The Morgan fingerprint density at radius 2 is 2.11 bits per heavy atom. The van der Waals surface area contributed by atoms with Crippen LogP contribution < -0.4 is 14.8 Å². The number of ether oxygens (including phenoxy) is 2. The van der Waals surface area contributed by atoms with Crippen LogP contribution >= 0.6 is 0 Å². The molecule has 1 aliphatic heterocycles. The number of aliphatic carboxylic acids is 1. The molecular formula is C11H11N3O4. The fraction of sp³-hybridized carbons (Fsp3) is 0.273. The van der Waals surface area contributed by atoms with Crippen molar-refractivity contribution in [2.45, 2.75) is 0 Å². The summed E-state index contributed by atoms with van der Waals surface area (Å²) < 4.78 is 10.9. The first-order valence-corrected chi connectivity index (χ1v) is 5.47. The molecule has 2 heterocycles. The van der Waals surface area contributed by atoms with Crippen LogP contribution in [0, 0.1) is 0 Å². The van der Waals surface area contributed by atoms with Crippen LogP contribution in [0.15, 0.2) is 12.1 Å². The third-order valence-electron chi connectivity index (χ3n) is 2.55. The van der Waals surface area contributed by atoms with E-state index in [4.69, 9.17) is 14.6 Å². The van der Waals surface area contributed by atoms with E-state index in [2.05, 4.69) is 15.3 Å². The molecular weight excluding hydrogens is 238 g/mol. The number of imidazole rings is 1. The van der Waals surface area contributed by atoms with Crippen LogP contribution in [0.5, 0.6) is 11.5 Å². The number of nitrogens with one attached hydrogen (secondary N) is 2. The molecule has 0 saturated carbocycles. The molecule has 0 unspecified atom stereocenters. The summed E-state index contributed by atoms with van der Waals surface area (Å²) in [7, 11) is 0. The van der Waals surface area contributed by atoms with Gasteiger partial charge in [0.05, 0.1) is 11.0 Å². The second kappa shape index (κ2) is 4.10. The van der Waals surface area contributed by atoms with Crippen LogP contribution in [-0.4, -0.2) is 40.8 Å². The Morgan fingerprint density at radius 3 is 2.83 bits per heavy atom. The fourth-order valence-corrected chi connectivity index (χ4v) is 1.79. The average Bonchev–Trinajstić information content (AvgIpc) is 2.75. The second-order valence-electron chi connectivity index (χ2n) is 3.85. The second-order valence-corrected chi connectivity index (χ2v) is 3.85. The maximum atomic E-state index is 10.5. The van der Waals surface area contributed by atoms with E-state index < -0.39 is 5.97 Å². The number of carboxylic acid groups (broad SMARTS) is 1. The summed E-state index contributed by atoms with van der Waals surface area (Å²) in [5.74, 6) is 0.795. The van der Waals surface area contributed by atoms with E-state index in [1.807, 2.05) is 0 Å². The molecule has 7 heteroatoms. The molecule has 0 amide bonds. The molecule has 0 aliphatic carbocycles. The van der Waals surface area contributed by atoms with Crippen molar-refractivity contribution in [2.75, 3.05) is 25.1 Å². The number of benzene rings is 1. The van der Waals surface area contributed by atoms with Gasteiger partial charge >= 0.3 is 5.97 Å². The Bertz CT molecular complexity index is 565. The van der Waals surface area contributed by atoms with E-state index >= 15 is 0 Å². The van der Waals surface area contributed by atoms with Crippen molar-refractivity contribution in [1.29, 1.82) is 0 Å². The number of rotatable bonds is 3. The molecule has 1 aliphatic rings. The predicted octanol–water partition coefficient (Wildman–Crippen LogP) is 0.831. The lowest BCUT2D eigenvalue weighted by Crippen LogP contribution is -2.15. The summed E-state index contributed by atoms with van der Waals surface area (Å²) in [5.41, 5.74) is 1.47. The van der Waals surface area contributed by atoms with E-state index in [0.29, 0.717) is 36.2 Å². The van der Waals surface area contributed by atoms with Crippen molar-refractivity contribution in [3.05, 3.63) is 12.1 Å². The van der Waals surface area contributed by atoms with Crippen molar-refractivity contribution in [3.8, 4) is 11.5 Å². The van der Waals surface area contributed by atoms with Gasteiger partial charge in [-0.2, -0.15) is 0 Å². The summed E-state index contributed by atoms with van der Waals surface area (Å²) in [6.07, 6.45) is 0. The third-order valence-corrected chi connectivity index (χ3v) is 2.55. The standard InChI is InChI=1S/C11H11N3O4/c15-10(16)5-12-11-13-6-3-8-9(4-7(6)14-11)18-2-1-17-8/h3-4H,1-2,5H2,(H,15,16)(H2,12,13,14). The molecule has 3 N–H and O–H groups in total. The van der Waals surface area contributed by atoms with Gasteiger partial charge in [-0.05, 0) is 0 Å². The van der Waals surface area contributed by atoms with Crippen molar-refractivity contribution in [2.24, 2.45) is 0 Å². The number of anilines is 1. The normalized spacial score (nSPS) is 13.6. The topological polar surface area (TPSA) is 96.5 Å². The molecule has 7 nitrogen and oxygen atoms in total. The number of fused-ring (bicyclic) bond motifs is 2. The van der Waals surface area contributed by atoms with Crippen LogP contribution in [-0.2, 0) is 4.79 Å². The van der Waals surface area contributed by atoms with E-state index in [1.54, 1.807) is 12.1 Å². The Balaban J connectivity index is 1.93. The number of aromatic nitrogens is 2. The Morgan fingerprint density at radius 1 is 1.39 bits per heavy atom. The number of hydrogen-bond donors (Lipinski definition) is 3. The van der Waals surface area contributed by atoms with Gasteiger partial charge in [-0.1, -0.05) is 0 Å². The number of carboxylic acids is 1. The molecule has 0 fully saturated rings. The minimum atomic E-state index is -0.943. The highest BCUT2D eigenvalue weighted by molar-refractivity contribution is 5.82. The summed E-state index contributed by atoms with van der Waals surface area (Å²) in [6, 6.07) is 3.56. The Hall–Kier alpha value is -2.44. The van der Waals surface area contributed by atoms with Crippen LogP contribution in [0.3, 0.4) is 0 Å². The first kappa shape index (κ1) is 10.7. The number of aromatic amines is 1. The first-order chi connectivity index (χ1) is 8.72. The number of nitrogens with zero attached hydrogens (tertiary/aromatic N) is 1. The van der Waals surface area contributed by atoms with Gasteiger partial charge in [0.25, 0.3) is 0 Å². The monoisotopic (exact) mass is 249 g/mol. The zero-order valence-electron chi connectivity index (χ0n) is 9.40. The zero-order valence-corrected chi connectivity index (χ0v) is 9.40. The molecule has 0 bridgehead atoms. The largest absolute Gasteiger partial charge is 0.486 e. The van der Waals surface area contributed by atoms with Gasteiger partial charge in [-0.15, -0.1) is 0 Å². The zero-order chi connectivity index (χ0) is 12.5. The first-order valence-electron chi connectivity index (χ1n) is 5.47. The SMILES string of the molecule is O=C(O)CNc1nc2cc3c(cc2[nH]1)OCCO3. The Labute approximate surface area is 102 Å². The smallest absolute Gasteiger partial charge is 0.322 e. The quantitative estimate of drug-likeness (QED) is 0.745. The van der Waals surface area contributed by atoms with Gasteiger partial charge < -0.3 is 24.9 Å². The van der Waals surface area contributed by atoms with Crippen LogP contribution in [0.2, 0.25) is 0 Å².